The maximum absolute atomic E-state index is 11.7. The Kier molecular flexibility index (Phi) is 6.53. The number of benzene rings is 1. The third kappa shape index (κ3) is 4.52. The molecule has 4 rings (SSSR count). The molecule has 8 nitrogen and oxygen atoms in total. The number of aromatic nitrogens is 1. The Morgan fingerprint density at radius 3 is 2.41 bits per heavy atom. The molecule has 2 aliphatic rings. The van der Waals surface area contributed by atoms with E-state index in [0.29, 0.717) is 29.9 Å². The van der Waals surface area contributed by atoms with Crippen molar-refractivity contribution in [1.82, 2.24) is 14.8 Å². The highest BCUT2D eigenvalue weighted by Gasteiger charge is 2.27. The first kappa shape index (κ1) is 22.4. The number of fused-ring (bicyclic) bond motifs is 1. The van der Waals surface area contributed by atoms with Crippen LogP contribution in [-0.4, -0.2) is 70.2 Å². The number of esters is 1. The van der Waals surface area contributed by atoms with Crippen molar-refractivity contribution in [2.45, 2.75) is 32.7 Å². The number of nitriles is 1. The van der Waals surface area contributed by atoms with Gasteiger partial charge >= 0.3 is 5.97 Å². The van der Waals surface area contributed by atoms with Crippen LogP contribution in [0.3, 0.4) is 0 Å². The van der Waals surface area contributed by atoms with Gasteiger partial charge in [-0.3, -0.25) is 14.8 Å². The molecule has 2 unspecified atom stereocenters. The van der Waals surface area contributed by atoms with E-state index < -0.39 is 12.2 Å². The molecular weight excluding hydrogens is 408 g/mol. The van der Waals surface area contributed by atoms with Crippen molar-refractivity contribution < 1.29 is 19.7 Å². The van der Waals surface area contributed by atoms with Crippen molar-refractivity contribution >= 4 is 5.97 Å². The molecule has 1 aromatic carbocycles. The zero-order valence-electron chi connectivity index (χ0n) is 18.4. The summed E-state index contributed by atoms with van der Waals surface area (Å²) < 4.78 is 5.11. The fourth-order valence-electron chi connectivity index (χ4n) is 4.55. The number of nitrogens with zero attached hydrogens (tertiary/aromatic N) is 4. The van der Waals surface area contributed by atoms with E-state index in [0.717, 1.165) is 48.4 Å². The van der Waals surface area contributed by atoms with E-state index in [-0.39, 0.29) is 12.6 Å². The van der Waals surface area contributed by atoms with E-state index in [9.17, 15) is 15.0 Å². The highest BCUT2D eigenvalue weighted by Crippen LogP contribution is 2.29. The van der Waals surface area contributed by atoms with Gasteiger partial charge in [0.15, 0.2) is 0 Å². The zero-order valence-corrected chi connectivity index (χ0v) is 18.4. The number of pyridine rings is 1. The molecule has 168 valence electrons. The van der Waals surface area contributed by atoms with E-state index >= 15 is 0 Å². The number of aliphatic hydroxyl groups is 2. The minimum atomic E-state index is -0.709. The summed E-state index contributed by atoms with van der Waals surface area (Å²) in [6.07, 6.45) is 0.144. The Balaban J connectivity index is 1.31. The summed E-state index contributed by atoms with van der Waals surface area (Å²) in [5, 5.41) is 30.4. The van der Waals surface area contributed by atoms with Crippen LogP contribution in [0.5, 0.6) is 0 Å². The van der Waals surface area contributed by atoms with Crippen LogP contribution >= 0.6 is 0 Å². The molecule has 2 N–H and O–H groups in total. The highest BCUT2D eigenvalue weighted by molar-refractivity contribution is 5.93. The minimum Gasteiger partial charge on any atom is -0.457 e. The van der Waals surface area contributed by atoms with E-state index in [2.05, 4.69) is 20.9 Å². The first-order chi connectivity index (χ1) is 15.4. The number of β-amino-alcohol motifs (C(OH)–C–C–N with tert-alkyl or cyclic N) is 2. The van der Waals surface area contributed by atoms with Crippen LogP contribution in [0.15, 0.2) is 24.4 Å². The fraction of sp³-hybridized carbons (Fsp3) is 0.458. The van der Waals surface area contributed by atoms with Crippen molar-refractivity contribution in [1.29, 1.82) is 5.26 Å². The Bertz CT molecular complexity index is 1060. The van der Waals surface area contributed by atoms with Crippen molar-refractivity contribution in [3.05, 3.63) is 63.5 Å². The summed E-state index contributed by atoms with van der Waals surface area (Å²) in [6, 6.07) is 7.38. The molecule has 0 aliphatic carbocycles. The van der Waals surface area contributed by atoms with Crippen LogP contribution in [0.4, 0.5) is 0 Å². The highest BCUT2D eigenvalue weighted by atomic mass is 16.5. The molecule has 1 aromatic heterocycles. The van der Waals surface area contributed by atoms with Gasteiger partial charge in [-0.2, -0.15) is 5.26 Å². The zero-order chi connectivity index (χ0) is 22.8. The van der Waals surface area contributed by atoms with Gasteiger partial charge in [0, 0.05) is 51.0 Å². The van der Waals surface area contributed by atoms with Gasteiger partial charge < -0.3 is 14.9 Å². The number of piperazine rings is 1. The number of ether oxygens (including phenoxy) is 1. The predicted molar refractivity (Wildman–Crippen MR) is 117 cm³/mol. The molecule has 0 radical (unpaired) electrons. The van der Waals surface area contributed by atoms with E-state index in [1.54, 1.807) is 12.1 Å². The second-order valence-electron chi connectivity index (χ2n) is 8.55. The number of rotatable bonds is 6. The predicted octanol–water partition coefficient (Wildman–Crippen LogP) is 1.63. The Labute approximate surface area is 187 Å². The van der Waals surface area contributed by atoms with Gasteiger partial charge in [0.2, 0.25) is 0 Å². The van der Waals surface area contributed by atoms with Gasteiger partial charge in [-0.05, 0) is 42.7 Å². The SMILES string of the molecule is Cc1cc(C#N)cnc1C(O)CN1CCN(CC(O)c2ccc3c(c2C)COC3=O)CC1. The molecule has 2 aliphatic heterocycles. The molecular formula is C24H28N4O4. The first-order valence-electron chi connectivity index (χ1n) is 10.8. The lowest BCUT2D eigenvalue weighted by Gasteiger charge is -2.36. The van der Waals surface area contributed by atoms with Crippen molar-refractivity contribution in [2.24, 2.45) is 0 Å². The number of hydrogen-bond acceptors (Lipinski definition) is 8. The maximum Gasteiger partial charge on any atom is 0.338 e. The molecule has 1 saturated heterocycles. The lowest BCUT2D eigenvalue weighted by atomic mass is 9.95. The van der Waals surface area contributed by atoms with E-state index in [1.165, 1.54) is 6.20 Å². The quantitative estimate of drug-likeness (QED) is 0.658. The standard InChI is InChI=1S/C24H28N4O4/c1-15-9-17(10-25)11-26-23(15)22(30)13-28-7-5-27(6-8-28)12-21(29)18-3-4-19-20(16(18)2)14-32-24(19)31/h3-4,9,11,21-22,29-30H,5-8,12-14H2,1-2H3. The summed E-state index contributed by atoms with van der Waals surface area (Å²) in [4.78, 5) is 20.4. The monoisotopic (exact) mass is 436 g/mol. The number of carbonyl (C=O) groups excluding carboxylic acids is 1. The van der Waals surface area contributed by atoms with Gasteiger partial charge in [0.05, 0.1) is 22.9 Å². The second kappa shape index (κ2) is 9.35. The van der Waals surface area contributed by atoms with E-state index in [1.807, 2.05) is 19.9 Å². The second-order valence-corrected chi connectivity index (χ2v) is 8.55. The fourth-order valence-corrected chi connectivity index (χ4v) is 4.55. The molecule has 0 amide bonds. The molecule has 0 bridgehead atoms. The van der Waals surface area contributed by atoms with Crippen LogP contribution in [0.25, 0.3) is 0 Å². The average molecular weight is 437 g/mol. The topological polar surface area (TPSA) is 110 Å². The smallest absolute Gasteiger partial charge is 0.338 e. The van der Waals surface area contributed by atoms with Gasteiger partial charge in [-0.1, -0.05) is 6.07 Å². The molecule has 0 saturated carbocycles. The molecule has 3 heterocycles. The minimum absolute atomic E-state index is 0.273. The van der Waals surface area contributed by atoms with Gasteiger partial charge in [0.25, 0.3) is 0 Å². The van der Waals surface area contributed by atoms with Gasteiger partial charge in [0.1, 0.15) is 18.8 Å². The number of carbonyl (C=O) groups is 1. The Morgan fingerprint density at radius 1 is 1.12 bits per heavy atom. The summed E-state index contributed by atoms with van der Waals surface area (Å²) in [5.74, 6) is -0.297. The summed E-state index contributed by atoms with van der Waals surface area (Å²) in [6.45, 7) is 8.19. The van der Waals surface area contributed by atoms with Gasteiger partial charge in [-0.25, -0.2) is 4.79 Å². The lowest BCUT2D eigenvalue weighted by molar-refractivity contribution is 0.0468. The number of cyclic esters (lactones) is 1. The number of hydrogen-bond donors (Lipinski definition) is 2. The van der Waals surface area contributed by atoms with Crippen LogP contribution in [0.1, 0.15) is 56.1 Å². The Hall–Kier alpha value is -2.83. The Morgan fingerprint density at radius 2 is 1.78 bits per heavy atom. The van der Waals surface area contributed by atoms with Crippen molar-refractivity contribution in [3.8, 4) is 6.07 Å². The van der Waals surface area contributed by atoms with Crippen LogP contribution in [0.2, 0.25) is 0 Å². The summed E-state index contributed by atoms with van der Waals surface area (Å²) >= 11 is 0. The summed E-state index contributed by atoms with van der Waals surface area (Å²) in [5.41, 5.74) is 5.14. The van der Waals surface area contributed by atoms with Crippen molar-refractivity contribution in [3.63, 3.8) is 0 Å². The largest absolute Gasteiger partial charge is 0.457 e. The summed E-state index contributed by atoms with van der Waals surface area (Å²) in [7, 11) is 0. The van der Waals surface area contributed by atoms with Crippen molar-refractivity contribution in [2.75, 3.05) is 39.3 Å². The number of aryl methyl sites for hydroxylation is 1. The average Bonchev–Trinajstić information content (AvgIpc) is 3.16. The molecule has 1 fully saturated rings. The molecule has 32 heavy (non-hydrogen) atoms. The van der Waals surface area contributed by atoms with Crippen LogP contribution < -0.4 is 0 Å². The third-order valence-corrected chi connectivity index (χ3v) is 6.46. The third-order valence-electron chi connectivity index (χ3n) is 6.46. The molecule has 0 spiro atoms. The first-order valence-corrected chi connectivity index (χ1v) is 10.8. The normalized spacial score (nSPS) is 18.7. The van der Waals surface area contributed by atoms with E-state index in [4.69, 9.17) is 10.00 Å². The maximum atomic E-state index is 11.7. The number of aliphatic hydroxyl groups excluding tert-OH is 2. The van der Waals surface area contributed by atoms with Gasteiger partial charge in [-0.15, -0.1) is 0 Å². The van der Waals surface area contributed by atoms with Crippen LogP contribution in [0, 0.1) is 25.2 Å². The molecule has 8 heteroatoms. The van der Waals surface area contributed by atoms with Crippen LogP contribution in [-0.2, 0) is 11.3 Å². The molecule has 2 aromatic rings. The lowest BCUT2D eigenvalue weighted by Crippen LogP contribution is -2.48. The molecule has 2 atom stereocenters.